The predicted molar refractivity (Wildman–Crippen MR) is 137 cm³/mol. The molecule has 0 aliphatic carbocycles. The van der Waals surface area contributed by atoms with Crippen LogP contribution in [0.25, 0.3) is 11.3 Å². The van der Waals surface area contributed by atoms with E-state index in [1.165, 1.54) is 12.3 Å². The van der Waals surface area contributed by atoms with E-state index < -0.39 is 11.7 Å². The van der Waals surface area contributed by atoms with Crippen LogP contribution in [0, 0.1) is 11.8 Å². The van der Waals surface area contributed by atoms with Crippen LogP contribution in [-0.4, -0.2) is 45.7 Å². The number of piperidine rings is 1. The van der Waals surface area contributed by atoms with Gasteiger partial charge in [0, 0.05) is 37.1 Å². The lowest BCUT2D eigenvalue weighted by Gasteiger charge is -2.29. The summed E-state index contributed by atoms with van der Waals surface area (Å²) in [6.07, 6.45) is -0.653. The van der Waals surface area contributed by atoms with Crippen LogP contribution in [-0.2, 0) is 11.0 Å². The molecule has 3 heterocycles. The number of anilines is 1. The van der Waals surface area contributed by atoms with E-state index in [-0.39, 0.29) is 23.6 Å². The highest BCUT2D eigenvalue weighted by Crippen LogP contribution is 2.32. The number of ether oxygens (including phenoxy) is 1. The molecule has 1 saturated heterocycles. The van der Waals surface area contributed by atoms with Gasteiger partial charge in [0.1, 0.15) is 28.7 Å². The molecule has 8 nitrogen and oxygen atoms in total. The molecule has 0 spiro atoms. The summed E-state index contributed by atoms with van der Waals surface area (Å²) >= 11 is 0. The second-order valence-electron chi connectivity index (χ2n) is 8.56. The van der Waals surface area contributed by atoms with Gasteiger partial charge in [-0.2, -0.15) is 13.2 Å². The fourth-order valence-corrected chi connectivity index (χ4v) is 4.05. The fourth-order valence-electron chi connectivity index (χ4n) is 4.05. The highest BCUT2D eigenvalue weighted by molar-refractivity contribution is 6.04. The molecule has 1 unspecified atom stereocenters. The smallest absolute Gasteiger partial charge is 0.417 e. The van der Waals surface area contributed by atoms with Gasteiger partial charge in [-0.3, -0.25) is 14.8 Å². The monoisotopic (exact) mass is 522 g/mol. The van der Waals surface area contributed by atoms with Crippen LogP contribution in [0.2, 0.25) is 0 Å². The third-order valence-corrected chi connectivity index (χ3v) is 5.90. The number of carbonyl (C=O) groups excluding carboxylic acids is 1. The first-order valence-electron chi connectivity index (χ1n) is 11.8. The molecule has 0 bridgehead atoms. The van der Waals surface area contributed by atoms with Crippen LogP contribution >= 0.6 is 0 Å². The Morgan fingerprint density at radius 3 is 2.58 bits per heavy atom. The summed E-state index contributed by atoms with van der Waals surface area (Å²) in [7, 11) is 0. The number of alkyl halides is 3. The van der Waals surface area contributed by atoms with Crippen molar-refractivity contribution in [2.45, 2.75) is 32.0 Å². The Morgan fingerprint density at radius 1 is 1.16 bits per heavy atom. The standard InChI is InChI=1S/C27H25F3N6O2/c1-2-4-23(37)36-14-3-5-19(16-36)35-26(32)24-22(12-13-33-25(24)31)38-20-9-6-17(7-10-20)21-11-8-18(15-34-21)27(28,29)30/h6-13,15,19H,3,5,14,16H2,1H3,(H2,31,33)(H2,32,35). The molecule has 1 aliphatic rings. The van der Waals surface area contributed by atoms with Gasteiger partial charge in [0.05, 0.1) is 17.3 Å². The van der Waals surface area contributed by atoms with Gasteiger partial charge in [0.15, 0.2) is 0 Å². The maximum atomic E-state index is 12.8. The van der Waals surface area contributed by atoms with Gasteiger partial charge in [-0.05, 0) is 62.1 Å². The minimum absolute atomic E-state index is 0.134. The number of hydrogen-bond acceptors (Lipinski definition) is 6. The number of benzene rings is 1. The first-order chi connectivity index (χ1) is 18.2. The summed E-state index contributed by atoms with van der Waals surface area (Å²) in [5.41, 5.74) is 13.0. The van der Waals surface area contributed by atoms with Crippen molar-refractivity contribution in [2.24, 2.45) is 10.7 Å². The molecule has 196 valence electrons. The number of halogens is 3. The third-order valence-electron chi connectivity index (χ3n) is 5.90. The molecule has 4 N–H and O–H groups in total. The Morgan fingerprint density at radius 2 is 1.92 bits per heavy atom. The number of aromatic nitrogens is 2. The SMILES string of the molecule is CC#CC(=O)N1CCCC(N=C(N)c2c(Oc3ccc(-c4ccc(C(F)(F)F)cn4)cc3)ccnc2N)C1. The first-order valence-corrected chi connectivity index (χ1v) is 11.8. The fraction of sp³-hybridized carbons (Fsp3) is 0.259. The highest BCUT2D eigenvalue weighted by atomic mass is 19.4. The van der Waals surface area contributed by atoms with E-state index in [0.29, 0.717) is 41.4 Å². The molecule has 0 radical (unpaired) electrons. The van der Waals surface area contributed by atoms with Gasteiger partial charge >= 0.3 is 6.18 Å². The molecule has 1 amide bonds. The zero-order valence-electron chi connectivity index (χ0n) is 20.5. The average molecular weight is 523 g/mol. The van der Waals surface area contributed by atoms with Crippen molar-refractivity contribution in [1.29, 1.82) is 0 Å². The number of amidine groups is 1. The lowest BCUT2D eigenvalue weighted by Crippen LogP contribution is -2.41. The van der Waals surface area contributed by atoms with E-state index >= 15 is 0 Å². The van der Waals surface area contributed by atoms with Crippen molar-refractivity contribution >= 4 is 17.6 Å². The molecular formula is C27H25F3N6O2. The van der Waals surface area contributed by atoms with Gasteiger partial charge in [-0.15, -0.1) is 0 Å². The summed E-state index contributed by atoms with van der Waals surface area (Å²) in [4.78, 5) is 26.4. The quantitative estimate of drug-likeness (QED) is 0.294. The van der Waals surface area contributed by atoms with Crippen LogP contribution in [0.3, 0.4) is 0 Å². The maximum Gasteiger partial charge on any atom is 0.417 e. The zero-order valence-corrected chi connectivity index (χ0v) is 20.5. The van der Waals surface area contributed by atoms with Crippen LogP contribution in [0.15, 0.2) is 59.9 Å². The van der Waals surface area contributed by atoms with Gasteiger partial charge in [0.2, 0.25) is 0 Å². The number of carbonyl (C=O) groups is 1. The Bertz CT molecular complexity index is 1390. The van der Waals surface area contributed by atoms with E-state index in [4.69, 9.17) is 16.2 Å². The van der Waals surface area contributed by atoms with Crippen LogP contribution in [0.1, 0.15) is 30.9 Å². The molecule has 1 fully saturated rings. The van der Waals surface area contributed by atoms with Gasteiger partial charge < -0.3 is 21.1 Å². The highest BCUT2D eigenvalue weighted by Gasteiger charge is 2.30. The molecule has 4 rings (SSSR count). The molecular weight excluding hydrogens is 497 g/mol. The number of nitrogens with two attached hydrogens (primary N) is 2. The van der Waals surface area contributed by atoms with E-state index in [9.17, 15) is 18.0 Å². The molecule has 1 atom stereocenters. The van der Waals surface area contributed by atoms with Crippen molar-refractivity contribution < 1.29 is 22.7 Å². The van der Waals surface area contributed by atoms with Crippen molar-refractivity contribution in [1.82, 2.24) is 14.9 Å². The Hall–Kier alpha value is -4.59. The van der Waals surface area contributed by atoms with Gasteiger partial charge in [0.25, 0.3) is 5.91 Å². The Balaban J connectivity index is 1.52. The first kappa shape index (κ1) is 26.5. The van der Waals surface area contributed by atoms with E-state index in [1.807, 2.05) is 0 Å². The molecule has 2 aromatic heterocycles. The van der Waals surface area contributed by atoms with Crippen LogP contribution in [0.4, 0.5) is 19.0 Å². The van der Waals surface area contributed by atoms with Crippen LogP contribution < -0.4 is 16.2 Å². The summed E-state index contributed by atoms with van der Waals surface area (Å²) < 4.78 is 44.4. The topological polar surface area (TPSA) is 120 Å². The normalized spacial score (nSPS) is 15.9. The molecule has 1 aromatic carbocycles. The summed E-state index contributed by atoms with van der Waals surface area (Å²) in [5, 5.41) is 0. The average Bonchev–Trinajstić information content (AvgIpc) is 2.89. The Labute approximate surface area is 217 Å². The van der Waals surface area contributed by atoms with Crippen molar-refractivity contribution in [3.8, 4) is 34.6 Å². The summed E-state index contributed by atoms with van der Waals surface area (Å²) in [5.74, 6) is 5.96. The number of nitrogens with zero attached hydrogens (tertiary/aromatic N) is 4. The summed E-state index contributed by atoms with van der Waals surface area (Å²) in [6.45, 7) is 2.62. The van der Waals surface area contributed by atoms with Gasteiger partial charge in [-0.1, -0.05) is 5.92 Å². The van der Waals surface area contributed by atoms with Crippen LogP contribution in [0.5, 0.6) is 11.5 Å². The van der Waals surface area contributed by atoms with E-state index in [2.05, 4.69) is 26.8 Å². The number of hydrogen-bond donors (Lipinski definition) is 2. The second-order valence-corrected chi connectivity index (χ2v) is 8.56. The number of rotatable bonds is 5. The number of pyridine rings is 2. The maximum absolute atomic E-state index is 12.8. The zero-order chi connectivity index (χ0) is 27.3. The minimum Gasteiger partial charge on any atom is -0.456 e. The van der Waals surface area contributed by atoms with E-state index in [0.717, 1.165) is 25.1 Å². The molecule has 38 heavy (non-hydrogen) atoms. The molecule has 11 heteroatoms. The molecule has 1 aliphatic heterocycles. The molecule has 3 aromatic rings. The number of nitrogen functional groups attached to an aromatic ring is 1. The minimum atomic E-state index is -4.45. The molecule has 0 saturated carbocycles. The lowest BCUT2D eigenvalue weighted by atomic mass is 10.1. The van der Waals surface area contributed by atoms with Gasteiger partial charge in [-0.25, -0.2) is 4.98 Å². The summed E-state index contributed by atoms with van der Waals surface area (Å²) in [6, 6.07) is 10.3. The van der Waals surface area contributed by atoms with Crippen molar-refractivity contribution in [3.63, 3.8) is 0 Å². The van der Waals surface area contributed by atoms with Crippen molar-refractivity contribution in [2.75, 3.05) is 18.8 Å². The third kappa shape index (κ3) is 6.21. The number of likely N-dealkylation sites (tertiary alicyclic amines) is 1. The van der Waals surface area contributed by atoms with Crippen molar-refractivity contribution in [3.05, 3.63) is 66.0 Å². The van der Waals surface area contributed by atoms with E-state index in [1.54, 1.807) is 42.2 Å². The predicted octanol–water partition coefficient (Wildman–Crippen LogP) is 4.26. The second kappa shape index (κ2) is 11.2. The Kier molecular flexibility index (Phi) is 7.81. The number of amides is 1. The largest absolute Gasteiger partial charge is 0.456 e. The lowest BCUT2D eigenvalue weighted by molar-refractivity contribution is -0.137. The number of aliphatic imine (C=N–C) groups is 1.